The Morgan fingerprint density at radius 1 is 1.69 bits per heavy atom. The molecule has 13 heavy (non-hydrogen) atoms. The first-order valence-electron chi connectivity index (χ1n) is 4.33. The van der Waals surface area contributed by atoms with E-state index in [-0.39, 0.29) is 18.1 Å². The second-order valence-corrected chi connectivity index (χ2v) is 2.95. The van der Waals surface area contributed by atoms with Gasteiger partial charge in [0.15, 0.2) is 0 Å². The van der Waals surface area contributed by atoms with Crippen molar-refractivity contribution in [3.8, 4) is 0 Å². The molecule has 0 aromatic heterocycles. The van der Waals surface area contributed by atoms with Gasteiger partial charge in [-0.3, -0.25) is 4.79 Å². The van der Waals surface area contributed by atoms with Crippen LogP contribution >= 0.6 is 0 Å². The summed E-state index contributed by atoms with van der Waals surface area (Å²) in [4.78, 5) is 10.8. The lowest BCUT2D eigenvalue weighted by Crippen LogP contribution is -2.46. The predicted molar refractivity (Wildman–Crippen MR) is 48.4 cm³/mol. The molecule has 0 bridgehead atoms. The Labute approximate surface area is 77.9 Å². The molecule has 1 N–H and O–H groups in total. The lowest BCUT2D eigenvalue weighted by molar-refractivity contribution is -0.124. The van der Waals surface area contributed by atoms with Gasteiger partial charge in [-0.25, -0.2) is 0 Å². The second-order valence-electron chi connectivity index (χ2n) is 2.95. The Morgan fingerprint density at radius 2 is 2.46 bits per heavy atom. The van der Waals surface area contributed by atoms with Crippen LogP contribution in [0.1, 0.15) is 6.92 Å². The molecular formula is C9H15NO3. The molecule has 0 saturated carbocycles. The van der Waals surface area contributed by atoms with Crippen LogP contribution in [0.25, 0.3) is 0 Å². The van der Waals surface area contributed by atoms with Crippen molar-refractivity contribution in [3.63, 3.8) is 0 Å². The van der Waals surface area contributed by atoms with Crippen LogP contribution in [0.5, 0.6) is 0 Å². The molecule has 0 unspecified atom stereocenters. The summed E-state index contributed by atoms with van der Waals surface area (Å²) < 4.78 is 10.6. The Hall–Kier alpha value is -0.870. The van der Waals surface area contributed by atoms with Gasteiger partial charge in [-0.15, -0.1) is 6.58 Å². The molecule has 2 atom stereocenters. The molecule has 0 radical (unpaired) electrons. The molecule has 0 aliphatic carbocycles. The maximum absolute atomic E-state index is 10.8. The van der Waals surface area contributed by atoms with E-state index in [1.807, 2.05) is 0 Å². The zero-order chi connectivity index (χ0) is 9.68. The Balaban J connectivity index is 2.43. The number of nitrogens with one attached hydrogen (secondary N) is 1. The lowest BCUT2D eigenvalue weighted by Gasteiger charge is -2.28. The highest BCUT2D eigenvalue weighted by Crippen LogP contribution is 2.06. The molecule has 0 spiro atoms. The van der Waals surface area contributed by atoms with Crippen molar-refractivity contribution in [1.29, 1.82) is 0 Å². The second kappa shape index (κ2) is 4.99. The molecule has 4 nitrogen and oxygen atoms in total. The number of hydrogen-bond acceptors (Lipinski definition) is 3. The van der Waals surface area contributed by atoms with E-state index in [9.17, 15) is 4.79 Å². The molecule has 1 amide bonds. The topological polar surface area (TPSA) is 47.6 Å². The number of hydrogen-bond donors (Lipinski definition) is 1. The van der Waals surface area contributed by atoms with Gasteiger partial charge in [0.05, 0.1) is 25.9 Å². The summed E-state index contributed by atoms with van der Waals surface area (Å²) >= 11 is 0. The average Bonchev–Trinajstić information content (AvgIpc) is 2.15. The fourth-order valence-corrected chi connectivity index (χ4v) is 1.25. The Morgan fingerprint density at radius 3 is 2.92 bits per heavy atom. The van der Waals surface area contributed by atoms with Gasteiger partial charge in [0, 0.05) is 6.92 Å². The third-order valence-corrected chi connectivity index (χ3v) is 1.87. The number of amides is 1. The standard InChI is InChI=1S/C9H15NO3/c1-3-8(10-7(2)11)9-6-12-4-5-13-9/h3,8-9H,1,4-6H2,2H3,(H,10,11)/t8-,9+/m0/s1. The maximum Gasteiger partial charge on any atom is 0.217 e. The van der Waals surface area contributed by atoms with Gasteiger partial charge in [-0.05, 0) is 0 Å². The summed E-state index contributed by atoms with van der Waals surface area (Å²) in [7, 11) is 0. The van der Waals surface area contributed by atoms with Crippen LogP contribution in [0.4, 0.5) is 0 Å². The van der Waals surface area contributed by atoms with Gasteiger partial charge in [0.25, 0.3) is 0 Å². The third kappa shape index (κ3) is 3.16. The summed E-state index contributed by atoms with van der Waals surface area (Å²) in [5.41, 5.74) is 0. The van der Waals surface area contributed by atoms with Gasteiger partial charge < -0.3 is 14.8 Å². The van der Waals surface area contributed by atoms with E-state index in [0.717, 1.165) is 0 Å². The normalized spacial score (nSPS) is 24.8. The summed E-state index contributed by atoms with van der Waals surface area (Å²) in [5.74, 6) is -0.0842. The third-order valence-electron chi connectivity index (χ3n) is 1.87. The molecule has 4 heteroatoms. The van der Waals surface area contributed by atoms with Crippen molar-refractivity contribution in [3.05, 3.63) is 12.7 Å². The molecule has 1 heterocycles. The highest BCUT2D eigenvalue weighted by molar-refractivity contribution is 5.73. The molecule has 1 fully saturated rings. The molecular weight excluding hydrogens is 170 g/mol. The van der Waals surface area contributed by atoms with E-state index in [0.29, 0.717) is 19.8 Å². The van der Waals surface area contributed by atoms with Gasteiger partial charge in [0.2, 0.25) is 5.91 Å². The first-order chi connectivity index (χ1) is 6.24. The lowest BCUT2D eigenvalue weighted by atomic mass is 10.1. The predicted octanol–water partition coefficient (Wildman–Crippen LogP) is 0.0925. The quantitative estimate of drug-likeness (QED) is 0.634. The molecule has 1 aliphatic heterocycles. The first-order valence-corrected chi connectivity index (χ1v) is 4.33. The van der Waals surface area contributed by atoms with Crippen molar-refractivity contribution in [2.24, 2.45) is 0 Å². The van der Waals surface area contributed by atoms with Gasteiger partial charge in [-0.1, -0.05) is 6.08 Å². The molecule has 1 saturated heterocycles. The Bertz CT molecular complexity index is 187. The van der Waals surface area contributed by atoms with Crippen LogP contribution in [-0.4, -0.2) is 37.9 Å². The van der Waals surface area contributed by atoms with Crippen LogP contribution in [-0.2, 0) is 14.3 Å². The van der Waals surface area contributed by atoms with Crippen molar-refractivity contribution < 1.29 is 14.3 Å². The van der Waals surface area contributed by atoms with Crippen LogP contribution in [0.3, 0.4) is 0 Å². The largest absolute Gasteiger partial charge is 0.376 e. The molecule has 0 aromatic rings. The van der Waals surface area contributed by atoms with Crippen LogP contribution < -0.4 is 5.32 Å². The van der Waals surface area contributed by atoms with E-state index >= 15 is 0 Å². The number of carbonyl (C=O) groups is 1. The van der Waals surface area contributed by atoms with Gasteiger partial charge >= 0.3 is 0 Å². The summed E-state index contributed by atoms with van der Waals surface area (Å²) in [6.45, 7) is 6.83. The monoisotopic (exact) mass is 185 g/mol. The van der Waals surface area contributed by atoms with E-state index in [2.05, 4.69) is 11.9 Å². The number of ether oxygens (including phenoxy) is 2. The molecule has 0 aromatic carbocycles. The highest BCUT2D eigenvalue weighted by atomic mass is 16.6. The molecule has 1 aliphatic rings. The summed E-state index contributed by atoms with van der Waals surface area (Å²) in [6, 6.07) is -0.155. The average molecular weight is 185 g/mol. The zero-order valence-electron chi connectivity index (χ0n) is 7.79. The zero-order valence-corrected chi connectivity index (χ0v) is 7.79. The minimum Gasteiger partial charge on any atom is -0.376 e. The summed E-state index contributed by atoms with van der Waals surface area (Å²) in [5, 5.41) is 2.74. The smallest absolute Gasteiger partial charge is 0.217 e. The van der Waals surface area contributed by atoms with E-state index < -0.39 is 0 Å². The minimum absolute atomic E-state index is 0.0842. The van der Waals surface area contributed by atoms with Crippen molar-refractivity contribution in [2.45, 2.75) is 19.1 Å². The van der Waals surface area contributed by atoms with Gasteiger partial charge in [0.1, 0.15) is 6.10 Å². The SMILES string of the molecule is C=C[C@H](NC(C)=O)[C@H]1COCCO1. The number of rotatable bonds is 3. The summed E-state index contributed by atoms with van der Waals surface area (Å²) in [6.07, 6.45) is 1.57. The highest BCUT2D eigenvalue weighted by Gasteiger charge is 2.22. The fraction of sp³-hybridized carbons (Fsp3) is 0.667. The van der Waals surface area contributed by atoms with Gasteiger partial charge in [-0.2, -0.15) is 0 Å². The van der Waals surface area contributed by atoms with Crippen molar-refractivity contribution in [2.75, 3.05) is 19.8 Å². The van der Waals surface area contributed by atoms with E-state index in [1.165, 1.54) is 6.92 Å². The van der Waals surface area contributed by atoms with Crippen LogP contribution in [0, 0.1) is 0 Å². The minimum atomic E-state index is -0.155. The first kappa shape index (κ1) is 10.2. The van der Waals surface area contributed by atoms with Crippen molar-refractivity contribution >= 4 is 5.91 Å². The van der Waals surface area contributed by atoms with Crippen LogP contribution in [0.2, 0.25) is 0 Å². The number of carbonyl (C=O) groups excluding carboxylic acids is 1. The Kier molecular flexibility index (Phi) is 3.92. The maximum atomic E-state index is 10.8. The fourth-order valence-electron chi connectivity index (χ4n) is 1.25. The molecule has 1 rings (SSSR count). The van der Waals surface area contributed by atoms with Crippen LogP contribution in [0.15, 0.2) is 12.7 Å². The van der Waals surface area contributed by atoms with E-state index in [1.54, 1.807) is 6.08 Å². The van der Waals surface area contributed by atoms with Crippen molar-refractivity contribution in [1.82, 2.24) is 5.32 Å². The van der Waals surface area contributed by atoms with E-state index in [4.69, 9.17) is 9.47 Å². The molecule has 74 valence electrons.